The Bertz CT molecular complexity index is 1090. The first kappa shape index (κ1) is 18.2. The van der Waals surface area contributed by atoms with Gasteiger partial charge >= 0.3 is 6.18 Å². The van der Waals surface area contributed by atoms with Gasteiger partial charge in [0.25, 0.3) is 5.82 Å². The zero-order valence-corrected chi connectivity index (χ0v) is 16.0. The first-order valence-corrected chi connectivity index (χ1v) is 9.80. The molecule has 1 aromatic carbocycles. The second kappa shape index (κ2) is 6.60. The summed E-state index contributed by atoms with van der Waals surface area (Å²) in [5, 5.41) is 12.5. The van der Waals surface area contributed by atoms with E-state index in [1.165, 1.54) is 16.5 Å². The average Bonchev–Trinajstić information content (AvgIpc) is 3.29. The molecule has 0 N–H and O–H groups in total. The Labute approximate surface area is 165 Å². The van der Waals surface area contributed by atoms with E-state index in [2.05, 4.69) is 56.2 Å². The van der Waals surface area contributed by atoms with Crippen molar-refractivity contribution in [1.82, 2.24) is 24.3 Å². The van der Waals surface area contributed by atoms with Gasteiger partial charge in [-0.15, -0.1) is 10.2 Å². The van der Waals surface area contributed by atoms with Crippen LogP contribution in [0.4, 0.5) is 13.2 Å². The van der Waals surface area contributed by atoms with Gasteiger partial charge in [0.15, 0.2) is 5.82 Å². The molecule has 9 heteroatoms. The number of benzene rings is 1. The molecule has 0 saturated carbocycles. The molecule has 2 aromatic heterocycles. The van der Waals surface area contributed by atoms with Gasteiger partial charge < -0.3 is 9.47 Å². The monoisotopic (exact) mass is 402 g/mol. The summed E-state index contributed by atoms with van der Waals surface area (Å²) in [5.41, 5.74) is 2.58. The third-order valence-electron chi connectivity index (χ3n) is 5.97. The molecule has 0 spiro atoms. The van der Waals surface area contributed by atoms with Gasteiger partial charge in [0.2, 0.25) is 0 Å². The van der Waals surface area contributed by atoms with Gasteiger partial charge in [-0.25, -0.2) is 0 Å². The number of para-hydroxylation sites is 1. The number of hydrogen-bond donors (Lipinski definition) is 0. The van der Waals surface area contributed by atoms with Crippen LogP contribution in [-0.4, -0.2) is 43.3 Å². The van der Waals surface area contributed by atoms with Crippen LogP contribution in [0.2, 0.25) is 0 Å². The zero-order chi connectivity index (χ0) is 20.2. The van der Waals surface area contributed by atoms with E-state index in [1.807, 2.05) is 6.07 Å². The van der Waals surface area contributed by atoms with Gasteiger partial charge in [-0.1, -0.05) is 18.2 Å². The number of likely N-dealkylation sites (tertiary alicyclic amines) is 1. The summed E-state index contributed by atoms with van der Waals surface area (Å²) in [7, 11) is 2.06. The first-order chi connectivity index (χ1) is 13.9. The number of aromatic nitrogens is 4. The summed E-state index contributed by atoms with van der Waals surface area (Å²) >= 11 is 0. The lowest BCUT2D eigenvalue weighted by Crippen LogP contribution is -2.40. The summed E-state index contributed by atoms with van der Waals surface area (Å²) in [6.45, 7) is 1.57. The standard InChI is InChI=1S/C20H21F3N6/c1-27-12-15(14-4-2-3-5-16(14)27)13-8-10-28(11-9-13)18-7-6-17-24-25-19(20(21,22)23)29(17)26-18/h2-5,12-13H,6-11H2,1H3. The highest BCUT2D eigenvalue weighted by molar-refractivity contribution is 5.85. The lowest BCUT2D eigenvalue weighted by atomic mass is 9.89. The first-order valence-electron chi connectivity index (χ1n) is 9.80. The van der Waals surface area contributed by atoms with Crippen LogP contribution in [0.15, 0.2) is 35.6 Å². The van der Waals surface area contributed by atoms with Gasteiger partial charge in [-0.05, 0) is 30.4 Å². The Hall–Kier alpha value is -2.84. The maximum absolute atomic E-state index is 13.1. The molecule has 0 unspecified atom stereocenters. The van der Waals surface area contributed by atoms with Gasteiger partial charge in [0.05, 0.1) is 0 Å². The summed E-state index contributed by atoms with van der Waals surface area (Å²) in [5.74, 6) is 0.360. The number of fused-ring (bicyclic) bond motifs is 2. The molecule has 1 saturated heterocycles. The van der Waals surface area contributed by atoms with Crippen molar-refractivity contribution in [2.24, 2.45) is 12.1 Å². The smallest absolute Gasteiger partial charge is 0.359 e. The van der Waals surface area contributed by atoms with Crippen LogP contribution in [0.3, 0.4) is 0 Å². The summed E-state index contributed by atoms with van der Waals surface area (Å²) in [6.07, 6.45) is 0.573. The summed E-state index contributed by atoms with van der Waals surface area (Å²) < 4.78 is 42.4. The Kier molecular flexibility index (Phi) is 4.15. The molecule has 0 radical (unpaired) electrons. The number of amidine groups is 1. The second-order valence-corrected chi connectivity index (χ2v) is 7.74. The van der Waals surface area contributed by atoms with Crippen molar-refractivity contribution in [2.45, 2.75) is 37.8 Å². The number of piperidine rings is 1. The number of nitrogens with zero attached hydrogens (tertiary/aromatic N) is 6. The van der Waals surface area contributed by atoms with E-state index in [9.17, 15) is 13.2 Å². The number of halogens is 3. The normalized spacial score (nSPS) is 18.2. The van der Waals surface area contributed by atoms with E-state index in [4.69, 9.17) is 0 Å². The number of alkyl halides is 3. The number of aryl methyl sites for hydroxylation is 2. The maximum atomic E-state index is 13.1. The lowest BCUT2D eigenvalue weighted by molar-refractivity contribution is -0.147. The van der Waals surface area contributed by atoms with Crippen LogP contribution in [0.25, 0.3) is 10.9 Å². The van der Waals surface area contributed by atoms with E-state index < -0.39 is 12.0 Å². The molecule has 2 aliphatic heterocycles. The molecule has 152 valence electrons. The fourth-order valence-electron chi connectivity index (χ4n) is 4.51. The van der Waals surface area contributed by atoms with E-state index in [1.54, 1.807) is 0 Å². The van der Waals surface area contributed by atoms with Crippen molar-refractivity contribution in [3.8, 4) is 0 Å². The van der Waals surface area contributed by atoms with Crippen molar-refractivity contribution in [3.05, 3.63) is 47.7 Å². The fraction of sp³-hybridized carbons (Fsp3) is 0.450. The quantitative estimate of drug-likeness (QED) is 0.623. The number of hydrogen-bond acceptors (Lipinski definition) is 4. The van der Waals surface area contributed by atoms with E-state index >= 15 is 0 Å². The van der Waals surface area contributed by atoms with Gasteiger partial charge in [0.1, 0.15) is 5.84 Å². The van der Waals surface area contributed by atoms with Crippen molar-refractivity contribution < 1.29 is 13.2 Å². The molecule has 6 nitrogen and oxygen atoms in total. The molecule has 0 amide bonds. The van der Waals surface area contributed by atoms with Crippen LogP contribution in [0.5, 0.6) is 0 Å². The highest BCUT2D eigenvalue weighted by Crippen LogP contribution is 2.35. The third kappa shape index (κ3) is 3.08. The van der Waals surface area contributed by atoms with Crippen molar-refractivity contribution in [3.63, 3.8) is 0 Å². The molecule has 2 aliphatic rings. The van der Waals surface area contributed by atoms with Crippen molar-refractivity contribution in [1.29, 1.82) is 0 Å². The number of rotatable bonds is 1. The Morgan fingerprint density at radius 1 is 1.03 bits per heavy atom. The SMILES string of the molecule is Cn1cc(C2CCN(C3=Nn4c(nnc4C(F)(F)F)CC3)CC2)c2ccccc21. The third-order valence-corrected chi connectivity index (χ3v) is 5.97. The Balaban J connectivity index is 1.35. The molecule has 0 aliphatic carbocycles. The summed E-state index contributed by atoms with van der Waals surface area (Å²) in [6, 6.07) is 8.39. The second-order valence-electron chi connectivity index (χ2n) is 7.74. The summed E-state index contributed by atoms with van der Waals surface area (Å²) in [4.78, 5) is 2.12. The minimum Gasteiger partial charge on any atom is -0.359 e. The highest BCUT2D eigenvalue weighted by Gasteiger charge is 2.40. The molecule has 1 fully saturated rings. The predicted molar refractivity (Wildman–Crippen MR) is 103 cm³/mol. The highest BCUT2D eigenvalue weighted by atomic mass is 19.4. The lowest BCUT2D eigenvalue weighted by Gasteiger charge is -2.35. The molecule has 0 atom stereocenters. The van der Waals surface area contributed by atoms with Crippen LogP contribution >= 0.6 is 0 Å². The van der Waals surface area contributed by atoms with E-state index in [-0.39, 0.29) is 5.82 Å². The van der Waals surface area contributed by atoms with Gasteiger partial charge in [-0.2, -0.15) is 22.9 Å². The van der Waals surface area contributed by atoms with Crippen LogP contribution in [-0.2, 0) is 19.6 Å². The average molecular weight is 402 g/mol. The molecule has 3 aromatic rings. The zero-order valence-electron chi connectivity index (χ0n) is 16.0. The van der Waals surface area contributed by atoms with Crippen LogP contribution in [0, 0.1) is 0 Å². The Morgan fingerprint density at radius 3 is 2.55 bits per heavy atom. The van der Waals surface area contributed by atoms with E-state index in [0.29, 0.717) is 24.6 Å². The van der Waals surface area contributed by atoms with Gasteiger partial charge in [-0.3, -0.25) is 0 Å². The van der Waals surface area contributed by atoms with Crippen LogP contribution in [0.1, 0.15) is 42.4 Å². The topological polar surface area (TPSA) is 51.2 Å². The predicted octanol–water partition coefficient (Wildman–Crippen LogP) is 3.78. The fourth-order valence-corrected chi connectivity index (χ4v) is 4.51. The molecule has 5 rings (SSSR count). The largest absolute Gasteiger partial charge is 0.453 e. The van der Waals surface area contributed by atoms with Crippen LogP contribution < -0.4 is 0 Å². The van der Waals surface area contributed by atoms with Crippen molar-refractivity contribution >= 4 is 16.7 Å². The van der Waals surface area contributed by atoms with Crippen molar-refractivity contribution in [2.75, 3.05) is 13.1 Å². The Morgan fingerprint density at radius 2 is 1.79 bits per heavy atom. The minimum absolute atomic E-state index is 0.270. The van der Waals surface area contributed by atoms with E-state index in [0.717, 1.165) is 30.6 Å². The molecular weight excluding hydrogens is 381 g/mol. The molecule has 4 heterocycles. The molecule has 0 bridgehead atoms. The van der Waals surface area contributed by atoms with Gasteiger partial charge in [0, 0.05) is 50.1 Å². The maximum Gasteiger partial charge on any atom is 0.453 e. The molecular formula is C20H21F3N6. The molecule has 29 heavy (non-hydrogen) atoms. The minimum atomic E-state index is -4.56.